The molecule has 6 rings (SSSR count). The van der Waals surface area contributed by atoms with Crippen molar-refractivity contribution in [3.05, 3.63) is 125 Å². The summed E-state index contributed by atoms with van der Waals surface area (Å²) in [6.45, 7) is 34.5. The molecule has 2 aliphatic carbocycles. The summed E-state index contributed by atoms with van der Waals surface area (Å²) >= 11 is -5.08. The van der Waals surface area contributed by atoms with Gasteiger partial charge in [-0.1, -0.05) is 0 Å². The zero-order valence-electron chi connectivity index (χ0n) is 33.9. The molecule has 0 aliphatic heterocycles. The molecule has 2 aliphatic rings. The number of benzene rings is 4. The van der Waals surface area contributed by atoms with Gasteiger partial charge in [0.1, 0.15) is 0 Å². The second-order valence-electron chi connectivity index (χ2n) is 17.1. The molecular formula is C48H59Cl2Zr. The molecule has 2 unspecified atom stereocenters. The second kappa shape index (κ2) is 13.3. The van der Waals surface area contributed by atoms with E-state index in [1.807, 2.05) is 0 Å². The Kier molecular flexibility index (Phi) is 10.0. The van der Waals surface area contributed by atoms with Crippen molar-refractivity contribution in [2.45, 2.75) is 115 Å². The quantitative estimate of drug-likeness (QED) is 0.175. The van der Waals surface area contributed by atoms with Crippen molar-refractivity contribution in [3.63, 3.8) is 0 Å². The Hall–Kier alpha value is -2.18. The van der Waals surface area contributed by atoms with Gasteiger partial charge in [0.25, 0.3) is 0 Å². The molecule has 0 radical (unpaired) electrons. The molecule has 2 atom stereocenters. The first-order valence-electron chi connectivity index (χ1n) is 19.2. The summed E-state index contributed by atoms with van der Waals surface area (Å²) in [4.78, 5) is 0. The van der Waals surface area contributed by atoms with Crippen molar-refractivity contribution in [2.75, 3.05) is 0 Å². The van der Waals surface area contributed by atoms with E-state index in [-0.39, 0.29) is 7.25 Å². The van der Waals surface area contributed by atoms with Gasteiger partial charge >= 0.3 is 320 Å². The van der Waals surface area contributed by atoms with Crippen molar-refractivity contribution in [1.29, 1.82) is 0 Å². The number of allylic oxidation sites excluding steroid dienone is 2. The van der Waals surface area contributed by atoms with E-state index in [0.29, 0.717) is 11.8 Å². The van der Waals surface area contributed by atoms with Crippen LogP contribution in [0.25, 0.3) is 34.4 Å². The Labute approximate surface area is 318 Å². The Bertz CT molecular complexity index is 2000. The predicted molar refractivity (Wildman–Crippen MR) is 224 cm³/mol. The zero-order chi connectivity index (χ0) is 37.7. The Balaban J connectivity index is 1.73. The van der Waals surface area contributed by atoms with Gasteiger partial charge < -0.3 is 0 Å². The molecule has 4 aromatic rings. The zero-order valence-corrected chi connectivity index (χ0v) is 37.9. The minimum absolute atomic E-state index is 0.0162. The van der Waals surface area contributed by atoms with Crippen LogP contribution in [0.4, 0.5) is 0 Å². The van der Waals surface area contributed by atoms with E-state index in [1.54, 1.807) is 0 Å². The molecule has 0 saturated heterocycles. The molecule has 0 heterocycles. The second-order valence-corrected chi connectivity index (χ2v) is 40.0. The molecule has 269 valence electrons. The normalized spacial score (nSPS) is 17.8. The topological polar surface area (TPSA) is 0 Å². The Morgan fingerprint density at radius 2 is 0.804 bits per heavy atom. The van der Waals surface area contributed by atoms with Crippen molar-refractivity contribution >= 4 is 29.2 Å². The summed E-state index contributed by atoms with van der Waals surface area (Å²) in [6.07, 6.45) is 5.07. The maximum atomic E-state index is 8.84. The van der Waals surface area contributed by atoms with Crippen LogP contribution in [0.15, 0.2) is 47.5 Å². The van der Waals surface area contributed by atoms with Crippen LogP contribution in [-0.4, -0.2) is 0 Å². The third kappa shape index (κ3) is 5.96. The molecule has 0 spiro atoms. The van der Waals surface area contributed by atoms with E-state index in [2.05, 4.69) is 152 Å². The average molecular weight is 798 g/mol. The van der Waals surface area contributed by atoms with Crippen LogP contribution in [0.5, 0.6) is 0 Å². The van der Waals surface area contributed by atoms with Gasteiger partial charge in [0.05, 0.1) is 0 Å². The van der Waals surface area contributed by atoms with E-state index in [0.717, 1.165) is 4.13 Å². The monoisotopic (exact) mass is 795 g/mol. The number of rotatable bonds is 7. The first-order chi connectivity index (χ1) is 23.7. The van der Waals surface area contributed by atoms with Gasteiger partial charge in [-0.3, -0.25) is 0 Å². The number of fused-ring (bicyclic) bond motifs is 2. The third-order valence-corrected chi connectivity index (χ3v) is 33.5. The molecular weight excluding hydrogens is 739 g/mol. The van der Waals surface area contributed by atoms with Crippen LogP contribution in [-0.2, 0) is 16.4 Å². The van der Waals surface area contributed by atoms with Crippen LogP contribution >= 0.6 is 17.0 Å². The Morgan fingerprint density at radius 1 is 0.490 bits per heavy atom. The molecule has 0 N–H and O–H groups in total. The average Bonchev–Trinajstić information content (AvgIpc) is 3.64. The first kappa shape index (κ1) is 38.5. The van der Waals surface area contributed by atoms with E-state index in [1.165, 1.54) is 111 Å². The van der Waals surface area contributed by atoms with E-state index < -0.39 is 16.4 Å². The number of aryl methyl sites for hydroxylation is 4. The van der Waals surface area contributed by atoms with E-state index in [9.17, 15) is 0 Å². The van der Waals surface area contributed by atoms with Crippen LogP contribution in [0, 0.1) is 81.1 Å². The molecule has 4 aromatic carbocycles. The molecule has 51 heavy (non-hydrogen) atoms. The van der Waals surface area contributed by atoms with E-state index in [4.69, 9.17) is 17.0 Å². The minimum atomic E-state index is -5.08. The fourth-order valence-electron chi connectivity index (χ4n) is 10.1. The SMILES string of the molecule is C[CH2][Zr]([Cl])([Cl])([CH]1C(C(C)C)=Cc2c(-c3cc(C)cc(C)c3)c(C)c(C)c(C)c21)[CH]1C(C(C)C)=Cc2c(-c3cc(C)cc(C)c3)c(C)c(C)c(C)c21. The van der Waals surface area contributed by atoms with Gasteiger partial charge in [0.15, 0.2) is 0 Å². The number of halogens is 2. The summed E-state index contributed by atoms with van der Waals surface area (Å²) in [5.41, 5.74) is 27.0. The van der Waals surface area contributed by atoms with Crippen molar-refractivity contribution < 1.29 is 16.4 Å². The summed E-state index contributed by atoms with van der Waals surface area (Å²) in [7, 11) is 17.7. The van der Waals surface area contributed by atoms with Crippen molar-refractivity contribution in [1.82, 2.24) is 0 Å². The van der Waals surface area contributed by atoms with Gasteiger partial charge in [-0.2, -0.15) is 0 Å². The fourth-order valence-corrected chi connectivity index (χ4v) is 28.6. The van der Waals surface area contributed by atoms with Crippen LogP contribution in [0.2, 0.25) is 4.13 Å². The third-order valence-electron chi connectivity index (χ3n) is 13.0. The number of hydrogen-bond donors (Lipinski definition) is 0. The first-order valence-corrected chi connectivity index (χ1v) is 30.1. The molecule has 0 aromatic heterocycles. The summed E-state index contributed by atoms with van der Waals surface area (Å²) in [5, 5.41) is 0. The molecule has 0 fully saturated rings. The molecule has 0 nitrogen and oxygen atoms in total. The van der Waals surface area contributed by atoms with Crippen LogP contribution in [0.1, 0.15) is 120 Å². The summed E-state index contributed by atoms with van der Waals surface area (Å²) < 4.78 is 0.841. The standard InChI is InChI=1S/2C23H27.C2H5.2ClH.Zr/c2*1-13(2)19-11-21-17(6)16(5)18(7)23(22(21)12-19)20-9-14(3)8-15(4)10-20;1-2;;;/h2*8-13H,1-7H3;1H2,2H3;2*1H;/q;;;;;+2/p-2. The van der Waals surface area contributed by atoms with Crippen LogP contribution < -0.4 is 0 Å². The van der Waals surface area contributed by atoms with Crippen molar-refractivity contribution in [3.8, 4) is 22.3 Å². The van der Waals surface area contributed by atoms with Gasteiger partial charge in [-0.15, -0.1) is 0 Å². The molecule has 3 heteroatoms. The van der Waals surface area contributed by atoms with Gasteiger partial charge in [-0.25, -0.2) is 0 Å². The van der Waals surface area contributed by atoms with Crippen molar-refractivity contribution in [2.24, 2.45) is 11.8 Å². The Morgan fingerprint density at radius 3 is 1.08 bits per heavy atom. The molecule has 0 bridgehead atoms. The summed E-state index contributed by atoms with van der Waals surface area (Å²) in [6, 6.07) is 14.0. The van der Waals surface area contributed by atoms with Crippen LogP contribution in [0.3, 0.4) is 0 Å². The van der Waals surface area contributed by atoms with Gasteiger partial charge in [-0.05, 0) is 0 Å². The van der Waals surface area contributed by atoms with E-state index >= 15 is 0 Å². The number of hydrogen-bond acceptors (Lipinski definition) is 0. The summed E-state index contributed by atoms with van der Waals surface area (Å²) in [5.74, 6) is 0.621. The van der Waals surface area contributed by atoms with Gasteiger partial charge in [0.2, 0.25) is 0 Å². The fraction of sp³-hybridized carbons (Fsp3) is 0.417. The molecule has 0 amide bonds. The molecule has 0 saturated carbocycles. The van der Waals surface area contributed by atoms with Gasteiger partial charge in [0, 0.05) is 0 Å². The maximum absolute atomic E-state index is 8.84. The predicted octanol–water partition coefficient (Wildman–Crippen LogP) is 15.4.